The predicted molar refractivity (Wildman–Crippen MR) is 87.9 cm³/mol. The molecular weight excluding hydrogens is 310 g/mol. The van der Waals surface area contributed by atoms with Gasteiger partial charge in [0.1, 0.15) is 11.5 Å². The summed E-state index contributed by atoms with van der Waals surface area (Å²) < 4.78 is 10.3. The molecular formula is C17H21N3O4. The predicted octanol–water partition coefficient (Wildman–Crippen LogP) is 1.47. The van der Waals surface area contributed by atoms with Crippen LogP contribution in [-0.4, -0.2) is 36.7 Å². The molecule has 0 spiro atoms. The molecule has 0 saturated heterocycles. The van der Waals surface area contributed by atoms with Crippen molar-refractivity contribution >= 4 is 11.8 Å². The van der Waals surface area contributed by atoms with Gasteiger partial charge in [-0.05, 0) is 25.0 Å². The Bertz CT molecular complexity index is 697. The fourth-order valence-electron chi connectivity index (χ4n) is 2.07. The highest BCUT2D eigenvalue weighted by molar-refractivity contribution is 5.92. The number of nitrogens with zero attached hydrogens (tertiary/aromatic N) is 1. The average molecular weight is 331 g/mol. The molecule has 0 aliphatic carbocycles. The third-order valence-corrected chi connectivity index (χ3v) is 3.31. The topological polar surface area (TPSA) is 93.5 Å². The van der Waals surface area contributed by atoms with Gasteiger partial charge in [-0.3, -0.25) is 9.59 Å². The zero-order valence-corrected chi connectivity index (χ0v) is 13.8. The molecule has 2 amide bonds. The van der Waals surface area contributed by atoms with E-state index >= 15 is 0 Å². The quantitative estimate of drug-likeness (QED) is 0.715. The third kappa shape index (κ3) is 5.12. The number of nitrogens with one attached hydrogen (secondary N) is 2. The number of carbonyl (C=O) groups is 2. The number of aromatic nitrogens is 1. The van der Waals surface area contributed by atoms with Crippen LogP contribution in [0.3, 0.4) is 0 Å². The Morgan fingerprint density at radius 1 is 1.21 bits per heavy atom. The van der Waals surface area contributed by atoms with Gasteiger partial charge in [0.05, 0.1) is 0 Å². The van der Waals surface area contributed by atoms with E-state index in [1.54, 1.807) is 13.0 Å². The Morgan fingerprint density at radius 2 is 1.96 bits per heavy atom. The molecule has 1 aromatic heterocycles. The first kappa shape index (κ1) is 17.5. The van der Waals surface area contributed by atoms with Crippen LogP contribution >= 0.6 is 0 Å². The Morgan fingerprint density at radius 3 is 2.67 bits per heavy atom. The zero-order valence-electron chi connectivity index (χ0n) is 13.8. The molecule has 0 aliphatic rings. The van der Waals surface area contributed by atoms with Crippen molar-refractivity contribution in [1.29, 1.82) is 0 Å². The van der Waals surface area contributed by atoms with Gasteiger partial charge in [0, 0.05) is 19.2 Å². The van der Waals surface area contributed by atoms with Crippen molar-refractivity contribution in [3.63, 3.8) is 0 Å². The molecule has 7 heteroatoms. The Kier molecular flexibility index (Phi) is 6.36. The van der Waals surface area contributed by atoms with Crippen molar-refractivity contribution in [1.82, 2.24) is 15.8 Å². The van der Waals surface area contributed by atoms with Gasteiger partial charge in [-0.15, -0.1) is 0 Å². The first-order valence-corrected chi connectivity index (χ1v) is 7.79. The average Bonchev–Trinajstić information content (AvgIpc) is 3.03. The number of amides is 2. The highest BCUT2D eigenvalue weighted by Gasteiger charge is 2.10. The van der Waals surface area contributed by atoms with E-state index < -0.39 is 0 Å². The summed E-state index contributed by atoms with van der Waals surface area (Å²) in [4.78, 5) is 23.5. The minimum atomic E-state index is -0.339. The molecule has 7 nitrogen and oxygen atoms in total. The lowest BCUT2D eigenvalue weighted by molar-refractivity contribution is -0.123. The van der Waals surface area contributed by atoms with Crippen LogP contribution in [0.1, 0.15) is 28.7 Å². The number of hydrogen-bond donors (Lipinski definition) is 2. The van der Waals surface area contributed by atoms with E-state index in [1.807, 2.05) is 31.2 Å². The standard InChI is InChI=1S/C17H21N3O4/c1-3-13-6-4-5-7-15(13)23-11-16(21)18-8-9-19-17(22)14-10-12(2)24-20-14/h4-7,10H,3,8-9,11H2,1-2H3,(H,18,21)(H,19,22). The lowest BCUT2D eigenvalue weighted by atomic mass is 10.1. The molecule has 0 saturated carbocycles. The van der Waals surface area contributed by atoms with Crippen molar-refractivity contribution in [3.8, 4) is 5.75 Å². The first-order chi connectivity index (χ1) is 11.6. The highest BCUT2D eigenvalue weighted by atomic mass is 16.5. The fraction of sp³-hybridized carbons (Fsp3) is 0.353. The SMILES string of the molecule is CCc1ccccc1OCC(=O)NCCNC(=O)c1cc(C)on1. The maximum Gasteiger partial charge on any atom is 0.273 e. The van der Waals surface area contributed by atoms with Gasteiger partial charge in [0.2, 0.25) is 0 Å². The number of aryl methyl sites for hydroxylation is 2. The minimum absolute atomic E-state index is 0.0621. The largest absolute Gasteiger partial charge is 0.483 e. The van der Waals surface area contributed by atoms with E-state index in [4.69, 9.17) is 9.26 Å². The number of carbonyl (C=O) groups excluding carboxylic acids is 2. The van der Waals surface area contributed by atoms with Crippen molar-refractivity contribution in [2.24, 2.45) is 0 Å². The maximum absolute atomic E-state index is 11.8. The normalized spacial score (nSPS) is 10.2. The molecule has 128 valence electrons. The van der Waals surface area contributed by atoms with E-state index in [9.17, 15) is 9.59 Å². The number of para-hydroxylation sites is 1. The summed E-state index contributed by atoms with van der Waals surface area (Å²) in [6.07, 6.45) is 0.839. The molecule has 1 aromatic carbocycles. The van der Waals surface area contributed by atoms with E-state index in [0.29, 0.717) is 24.6 Å². The number of rotatable bonds is 8. The van der Waals surface area contributed by atoms with Gasteiger partial charge in [0.15, 0.2) is 12.3 Å². The van der Waals surface area contributed by atoms with Crippen LogP contribution in [0.2, 0.25) is 0 Å². The van der Waals surface area contributed by atoms with E-state index in [-0.39, 0.29) is 24.1 Å². The third-order valence-electron chi connectivity index (χ3n) is 3.31. The molecule has 24 heavy (non-hydrogen) atoms. The van der Waals surface area contributed by atoms with E-state index in [1.165, 1.54) is 0 Å². The van der Waals surface area contributed by atoms with Crippen molar-refractivity contribution in [2.75, 3.05) is 19.7 Å². The fourth-order valence-corrected chi connectivity index (χ4v) is 2.07. The molecule has 0 radical (unpaired) electrons. The van der Waals surface area contributed by atoms with Crippen LogP contribution in [0.15, 0.2) is 34.9 Å². The molecule has 2 rings (SSSR count). The van der Waals surface area contributed by atoms with Crippen molar-refractivity contribution in [3.05, 3.63) is 47.3 Å². The van der Waals surface area contributed by atoms with Crippen molar-refractivity contribution in [2.45, 2.75) is 20.3 Å². The lowest BCUT2D eigenvalue weighted by Gasteiger charge is -2.10. The Labute approximate surface area is 140 Å². The van der Waals surface area contributed by atoms with E-state index in [0.717, 1.165) is 12.0 Å². The maximum atomic E-state index is 11.8. The summed E-state index contributed by atoms with van der Waals surface area (Å²) in [5, 5.41) is 8.94. The van der Waals surface area contributed by atoms with Crippen LogP contribution in [-0.2, 0) is 11.2 Å². The number of ether oxygens (including phenoxy) is 1. The smallest absolute Gasteiger partial charge is 0.273 e. The van der Waals surface area contributed by atoms with Crippen LogP contribution in [0, 0.1) is 6.92 Å². The summed E-state index contributed by atoms with van der Waals surface area (Å²) >= 11 is 0. The van der Waals surface area contributed by atoms with Crippen molar-refractivity contribution < 1.29 is 18.8 Å². The van der Waals surface area contributed by atoms with Gasteiger partial charge in [-0.25, -0.2) is 0 Å². The molecule has 0 unspecified atom stereocenters. The van der Waals surface area contributed by atoms with Gasteiger partial charge >= 0.3 is 0 Å². The summed E-state index contributed by atoms with van der Waals surface area (Å²) in [7, 11) is 0. The summed E-state index contributed by atoms with van der Waals surface area (Å²) in [5.74, 6) is 0.699. The summed E-state index contributed by atoms with van der Waals surface area (Å²) in [6.45, 7) is 4.28. The van der Waals surface area contributed by atoms with Gasteiger partial charge < -0.3 is 19.9 Å². The molecule has 0 fully saturated rings. The van der Waals surface area contributed by atoms with Crippen LogP contribution in [0.25, 0.3) is 0 Å². The highest BCUT2D eigenvalue weighted by Crippen LogP contribution is 2.17. The monoisotopic (exact) mass is 331 g/mol. The molecule has 2 aromatic rings. The van der Waals surface area contributed by atoms with Crippen LogP contribution < -0.4 is 15.4 Å². The molecule has 2 N–H and O–H groups in total. The van der Waals surface area contributed by atoms with Crippen LogP contribution in [0.5, 0.6) is 5.75 Å². The lowest BCUT2D eigenvalue weighted by Crippen LogP contribution is -2.36. The van der Waals surface area contributed by atoms with Gasteiger partial charge in [-0.1, -0.05) is 30.3 Å². The summed E-state index contributed by atoms with van der Waals surface area (Å²) in [5.41, 5.74) is 1.28. The molecule has 0 aliphatic heterocycles. The van der Waals surface area contributed by atoms with Gasteiger partial charge in [0.25, 0.3) is 11.8 Å². The molecule has 0 bridgehead atoms. The zero-order chi connectivity index (χ0) is 17.4. The second-order valence-corrected chi connectivity index (χ2v) is 5.18. The Hall–Kier alpha value is -2.83. The second-order valence-electron chi connectivity index (χ2n) is 5.18. The Balaban J connectivity index is 1.65. The number of hydrogen-bond acceptors (Lipinski definition) is 5. The molecule has 0 atom stereocenters. The van der Waals surface area contributed by atoms with Gasteiger partial charge in [-0.2, -0.15) is 0 Å². The first-order valence-electron chi connectivity index (χ1n) is 7.79. The minimum Gasteiger partial charge on any atom is -0.483 e. The van der Waals surface area contributed by atoms with Crippen LogP contribution in [0.4, 0.5) is 0 Å². The second kappa shape index (κ2) is 8.71. The van der Waals surface area contributed by atoms with E-state index in [2.05, 4.69) is 15.8 Å². The molecule has 1 heterocycles. The summed E-state index contributed by atoms with van der Waals surface area (Å²) in [6, 6.07) is 9.16. The number of benzene rings is 1.